The van der Waals surface area contributed by atoms with Crippen molar-refractivity contribution in [3.05, 3.63) is 0 Å². The predicted molar refractivity (Wildman–Crippen MR) is 86.1 cm³/mol. The molecule has 1 saturated carbocycles. The minimum Gasteiger partial charge on any atom is -0.368 e. The van der Waals surface area contributed by atoms with Crippen molar-refractivity contribution >= 4 is 5.91 Å². The van der Waals surface area contributed by atoms with Gasteiger partial charge in [0, 0.05) is 31.2 Å². The summed E-state index contributed by atoms with van der Waals surface area (Å²) >= 11 is 0. The molecule has 0 spiro atoms. The second-order valence-corrected chi connectivity index (χ2v) is 7.34. The number of nitrogens with one attached hydrogen (secondary N) is 1. The van der Waals surface area contributed by atoms with Gasteiger partial charge in [-0.05, 0) is 60.0 Å². The molecule has 5 nitrogen and oxygen atoms in total. The van der Waals surface area contributed by atoms with E-state index in [9.17, 15) is 4.79 Å². The number of nitrogens with zero attached hydrogens (tertiary/aromatic N) is 2. The highest BCUT2D eigenvalue weighted by atomic mass is 16.1. The zero-order valence-electron chi connectivity index (χ0n) is 14.1. The van der Waals surface area contributed by atoms with Crippen LogP contribution in [0, 0.1) is 0 Å². The lowest BCUT2D eigenvalue weighted by Crippen LogP contribution is -2.56. The van der Waals surface area contributed by atoms with Gasteiger partial charge in [0.2, 0.25) is 5.91 Å². The maximum atomic E-state index is 11.8. The number of carbonyl (C=O) groups is 1. The van der Waals surface area contributed by atoms with E-state index in [0.29, 0.717) is 18.1 Å². The average Bonchev–Trinajstić information content (AvgIpc) is 3.19. The van der Waals surface area contributed by atoms with Gasteiger partial charge in [0.05, 0.1) is 5.54 Å². The van der Waals surface area contributed by atoms with Crippen LogP contribution in [0.25, 0.3) is 0 Å². The monoisotopic (exact) mass is 296 g/mol. The summed E-state index contributed by atoms with van der Waals surface area (Å²) in [5, 5.41) is 3.43. The van der Waals surface area contributed by atoms with Crippen molar-refractivity contribution in [3.8, 4) is 0 Å². The maximum Gasteiger partial charge on any atom is 0.237 e. The number of rotatable bonds is 7. The van der Waals surface area contributed by atoms with Gasteiger partial charge in [-0.1, -0.05) is 0 Å². The van der Waals surface area contributed by atoms with Crippen LogP contribution in [0.2, 0.25) is 0 Å². The molecule has 21 heavy (non-hydrogen) atoms. The SMILES string of the molecule is CC1CN(CCCC(C)(NC2CC2)C(N)=O)CC(C)N1C. The highest BCUT2D eigenvalue weighted by Crippen LogP contribution is 2.25. The summed E-state index contributed by atoms with van der Waals surface area (Å²) in [5.74, 6) is -0.213. The summed E-state index contributed by atoms with van der Waals surface area (Å²) in [6.45, 7) is 9.81. The largest absolute Gasteiger partial charge is 0.368 e. The Labute approximate surface area is 129 Å². The number of hydrogen-bond donors (Lipinski definition) is 2. The molecule has 1 heterocycles. The summed E-state index contributed by atoms with van der Waals surface area (Å²) < 4.78 is 0. The van der Waals surface area contributed by atoms with E-state index in [0.717, 1.165) is 32.5 Å². The van der Waals surface area contributed by atoms with Crippen molar-refractivity contribution in [2.75, 3.05) is 26.7 Å². The van der Waals surface area contributed by atoms with Crippen LogP contribution in [-0.2, 0) is 4.79 Å². The Morgan fingerprint density at radius 3 is 2.33 bits per heavy atom. The maximum absolute atomic E-state index is 11.8. The summed E-state index contributed by atoms with van der Waals surface area (Å²) in [7, 11) is 2.20. The van der Waals surface area contributed by atoms with Crippen LogP contribution in [0.15, 0.2) is 0 Å². The standard InChI is InChI=1S/C16H32N4O/c1-12-10-20(11-13(2)19(12)4)9-5-8-16(3,15(17)21)18-14-6-7-14/h12-14,18H,5-11H2,1-4H3,(H2,17,21). The minimum atomic E-state index is -0.537. The molecule has 1 saturated heterocycles. The number of hydrogen-bond acceptors (Lipinski definition) is 4. The molecule has 1 amide bonds. The molecule has 1 aliphatic heterocycles. The highest BCUT2D eigenvalue weighted by molar-refractivity contribution is 5.84. The van der Waals surface area contributed by atoms with E-state index >= 15 is 0 Å². The molecule has 122 valence electrons. The Bertz CT molecular complexity index is 359. The molecule has 3 atom stereocenters. The predicted octanol–water partition coefficient (Wildman–Crippen LogP) is 0.787. The first-order chi connectivity index (χ1) is 9.82. The van der Waals surface area contributed by atoms with Crippen molar-refractivity contribution < 1.29 is 4.79 Å². The Hall–Kier alpha value is -0.650. The molecule has 0 bridgehead atoms. The molecule has 2 aliphatic rings. The highest BCUT2D eigenvalue weighted by Gasteiger charge is 2.36. The third-order valence-electron chi connectivity index (χ3n) is 5.23. The van der Waals surface area contributed by atoms with E-state index in [2.05, 4.69) is 36.0 Å². The number of primary amides is 1. The Kier molecular flexibility index (Phi) is 5.28. The number of carbonyl (C=O) groups excluding carboxylic acids is 1. The minimum absolute atomic E-state index is 0.213. The lowest BCUT2D eigenvalue weighted by molar-refractivity contribution is -0.124. The Morgan fingerprint density at radius 1 is 1.29 bits per heavy atom. The fourth-order valence-corrected chi connectivity index (χ4v) is 3.30. The zero-order chi connectivity index (χ0) is 15.6. The average molecular weight is 296 g/mol. The van der Waals surface area contributed by atoms with Crippen LogP contribution in [0.5, 0.6) is 0 Å². The molecular formula is C16H32N4O. The third kappa shape index (κ3) is 4.41. The van der Waals surface area contributed by atoms with Gasteiger partial charge in [0.15, 0.2) is 0 Å². The van der Waals surface area contributed by atoms with Crippen molar-refractivity contribution in [2.24, 2.45) is 5.73 Å². The molecule has 3 N–H and O–H groups in total. The van der Waals surface area contributed by atoms with E-state index in [1.54, 1.807) is 0 Å². The molecule has 1 aliphatic carbocycles. The first-order valence-electron chi connectivity index (χ1n) is 8.34. The molecular weight excluding hydrogens is 264 g/mol. The van der Waals surface area contributed by atoms with E-state index in [4.69, 9.17) is 5.73 Å². The van der Waals surface area contributed by atoms with Gasteiger partial charge in [-0.3, -0.25) is 9.69 Å². The molecule has 0 aromatic carbocycles. The van der Waals surface area contributed by atoms with Crippen LogP contribution in [0.3, 0.4) is 0 Å². The zero-order valence-corrected chi connectivity index (χ0v) is 14.1. The number of likely N-dealkylation sites (N-methyl/N-ethyl adjacent to an activating group) is 1. The Morgan fingerprint density at radius 2 is 1.86 bits per heavy atom. The smallest absolute Gasteiger partial charge is 0.237 e. The van der Waals surface area contributed by atoms with E-state index in [1.165, 1.54) is 12.8 Å². The summed E-state index contributed by atoms with van der Waals surface area (Å²) in [5.41, 5.74) is 5.07. The lowest BCUT2D eigenvalue weighted by Gasteiger charge is -2.42. The molecule has 0 radical (unpaired) electrons. The number of piperazine rings is 1. The van der Waals surface area contributed by atoms with Crippen molar-refractivity contribution in [1.29, 1.82) is 0 Å². The van der Waals surface area contributed by atoms with E-state index < -0.39 is 5.54 Å². The van der Waals surface area contributed by atoms with Gasteiger partial charge < -0.3 is 16.0 Å². The molecule has 0 aromatic rings. The lowest BCUT2D eigenvalue weighted by atomic mass is 9.94. The summed E-state index contributed by atoms with van der Waals surface area (Å²) in [6, 6.07) is 1.70. The van der Waals surface area contributed by atoms with Gasteiger partial charge >= 0.3 is 0 Å². The molecule has 0 aromatic heterocycles. The van der Waals surface area contributed by atoms with Crippen LogP contribution < -0.4 is 11.1 Å². The number of nitrogens with two attached hydrogens (primary N) is 1. The van der Waals surface area contributed by atoms with Crippen LogP contribution in [-0.4, -0.2) is 66.1 Å². The second-order valence-electron chi connectivity index (χ2n) is 7.34. The summed E-state index contributed by atoms with van der Waals surface area (Å²) in [4.78, 5) is 16.7. The first kappa shape index (κ1) is 16.7. The molecule has 2 rings (SSSR count). The summed E-state index contributed by atoms with van der Waals surface area (Å²) in [6.07, 6.45) is 4.20. The van der Waals surface area contributed by atoms with Crippen LogP contribution in [0.4, 0.5) is 0 Å². The fraction of sp³-hybridized carbons (Fsp3) is 0.938. The van der Waals surface area contributed by atoms with Gasteiger partial charge in [-0.15, -0.1) is 0 Å². The quantitative estimate of drug-likeness (QED) is 0.729. The van der Waals surface area contributed by atoms with Crippen molar-refractivity contribution in [2.45, 2.75) is 70.1 Å². The van der Waals surface area contributed by atoms with Gasteiger partial charge in [-0.2, -0.15) is 0 Å². The third-order valence-corrected chi connectivity index (χ3v) is 5.23. The van der Waals surface area contributed by atoms with Crippen molar-refractivity contribution in [3.63, 3.8) is 0 Å². The molecule has 3 unspecified atom stereocenters. The topological polar surface area (TPSA) is 61.6 Å². The fourth-order valence-electron chi connectivity index (χ4n) is 3.30. The second kappa shape index (κ2) is 6.63. The Balaban J connectivity index is 1.78. The molecule has 2 fully saturated rings. The first-order valence-corrected chi connectivity index (χ1v) is 8.34. The normalized spacial score (nSPS) is 31.0. The van der Waals surface area contributed by atoms with Crippen LogP contribution in [0.1, 0.15) is 46.5 Å². The van der Waals surface area contributed by atoms with Gasteiger partial charge in [0.1, 0.15) is 0 Å². The van der Waals surface area contributed by atoms with E-state index in [-0.39, 0.29) is 5.91 Å². The molecule has 5 heteroatoms. The number of amides is 1. The van der Waals surface area contributed by atoms with Crippen LogP contribution >= 0.6 is 0 Å². The van der Waals surface area contributed by atoms with E-state index in [1.807, 2.05) is 6.92 Å². The van der Waals surface area contributed by atoms with Crippen molar-refractivity contribution in [1.82, 2.24) is 15.1 Å². The van der Waals surface area contributed by atoms with Gasteiger partial charge in [-0.25, -0.2) is 0 Å². The van der Waals surface area contributed by atoms with Gasteiger partial charge in [0.25, 0.3) is 0 Å².